The summed E-state index contributed by atoms with van der Waals surface area (Å²) in [7, 11) is 0. The van der Waals surface area contributed by atoms with Crippen molar-refractivity contribution in [1.29, 1.82) is 0 Å². The Bertz CT molecular complexity index is 321. The smallest absolute Gasteiger partial charge is 0.256 e. The standard InChI is InChI=1S/C10H13NOS/c1-4-5-6-9(3)13-10-11-8(2)7-12-10/h7,9H,4H2,1-3H3. The molecule has 0 radical (unpaired) electrons. The Hall–Kier alpha value is -0.880. The van der Waals surface area contributed by atoms with Crippen molar-refractivity contribution in [1.82, 2.24) is 4.98 Å². The lowest BCUT2D eigenvalue weighted by Gasteiger charge is -1.97. The van der Waals surface area contributed by atoms with Gasteiger partial charge in [-0.05, 0) is 13.8 Å². The highest BCUT2D eigenvalue weighted by molar-refractivity contribution is 7.99. The van der Waals surface area contributed by atoms with Gasteiger partial charge in [-0.25, -0.2) is 4.98 Å². The molecule has 1 rings (SSSR count). The number of rotatable bonds is 2. The van der Waals surface area contributed by atoms with E-state index in [4.69, 9.17) is 4.42 Å². The van der Waals surface area contributed by atoms with Gasteiger partial charge in [0.15, 0.2) is 0 Å². The van der Waals surface area contributed by atoms with Crippen LogP contribution in [0.2, 0.25) is 0 Å². The maximum atomic E-state index is 5.20. The molecule has 70 valence electrons. The first-order chi connectivity index (χ1) is 6.22. The fourth-order valence-electron chi connectivity index (χ4n) is 0.813. The predicted octanol–water partition coefficient (Wildman–Crippen LogP) is 2.88. The third-order valence-corrected chi connectivity index (χ3v) is 2.22. The molecule has 0 fully saturated rings. The summed E-state index contributed by atoms with van der Waals surface area (Å²) in [5.74, 6) is 6.14. The summed E-state index contributed by atoms with van der Waals surface area (Å²) < 4.78 is 5.20. The van der Waals surface area contributed by atoms with Crippen LogP contribution in [0.5, 0.6) is 0 Å². The molecule has 1 aromatic rings. The van der Waals surface area contributed by atoms with Crippen LogP contribution < -0.4 is 0 Å². The second-order valence-electron chi connectivity index (χ2n) is 2.69. The van der Waals surface area contributed by atoms with E-state index < -0.39 is 0 Å². The van der Waals surface area contributed by atoms with Crippen LogP contribution in [0.15, 0.2) is 15.9 Å². The second kappa shape index (κ2) is 4.98. The van der Waals surface area contributed by atoms with Gasteiger partial charge in [-0.1, -0.05) is 24.6 Å². The number of aromatic nitrogens is 1. The van der Waals surface area contributed by atoms with Gasteiger partial charge in [0, 0.05) is 6.42 Å². The van der Waals surface area contributed by atoms with Crippen LogP contribution in [-0.4, -0.2) is 10.2 Å². The highest BCUT2D eigenvalue weighted by Crippen LogP contribution is 2.21. The van der Waals surface area contributed by atoms with Crippen LogP contribution in [0.3, 0.4) is 0 Å². The van der Waals surface area contributed by atoms with Crippen LogP contribution in [0, 0.1) is 18.8 Å². The molecule has 1 aromatic heterocycles. The van der Waals surface area contributed by atoms with E-state index in [1.165, 1.54) is 0 Å². The fraction of sp³-hybridized carbons (Fsp3) is 0.500. The lowest BCUT2D eigenvalue weighted by molar-refractivity contribution is 0.453. The zero-order valence-corrected chi connectivity index (χ0v) is 8.94. The Morgan fingerprint density at radius 3 is 3.00 bits per heavy atom. The molecule has 0 saturated carbocycles. The zero-order valence-electron chi connectivity index (χ0n) is 8.13. The number of hydrogen-bond donors (Lipinski definition) is 0. The monoisotopic (exact) mass is 195 g/mol. The summed E-state index contributed by atoms with van der Waals surface area (Å²) in [4.78, 5) is 4.19. The van der Waals surface area contributed by atoms with Crippen LogP contribution in [-0.2, 0) is 0 Å². The molecule has 0 N–H and O–H groups in total. The summed E-state index contributed by atoms with van der Waals surface area (Å²) in [5.41, 5.74) is 0.915. The first kappa shape index (κ1) is 10.2. The van der Waals surface area contributed by atoms with Gasteiger partial charge in [0.1, 0.15) is 6.26 Å². The number of thioether (sulfide) groups is 1. The van der Waals surface area contributed by atoms with E-state index in [1.54, 1.807) is 18.0 Å². The number of oxazole rings is 1. The molecule has 3 heteroatoms. The summed E-state index contributed by atoms with van der Waals surface area (Å²) in [6.07, 6.45) is 2.55. The van der Waals surface area contributed by atoms with Crippen molar-refractivity contribution in [2.75, 3.05) is 0 Å². The Balaban J connectivity index is 2.49. The molecular weight excluding hydrogens is 182 g/mol. The fourth-order valence-corrected chi connectivity index (χ4v) is 1.56. The highest BCUT2D eigenvalue weighted by atomic mass is 32.2. The molecule has 0 saturated heterocycles. The van der Waals surface area contributed by atoms with Crippen molar-refractivity contribution in [2.24, 2.45) is 0 Å². The number of nitrogens with zero attached hydrogens (tertiary/aromatic N) is 1. The lowest BCUT2D eigenvalue weighted by Crippen LogP contribution is -1.90. The topological polar surface area (TPSA) is 26.0 Å². The lowest BCUT2D eigenvalue weighted by atomic mass is 10.4. The SMILES string of the molecule is CCC#CC(C)Sc1nc(C)co1. The molecule has 2 nitrogen and oxygen atoms in total. The summed E-state index contributed by atoms with van der Waals surface area (Å²) in [6.45, 7) is 6.00. The van der Waals surface area contributed by atoms with Crippen molar-refractivity contribution in [2.45, 2.75) is 37.7 Å². The molecule has 1 atom stereocenters. The van der Waals surface area contributed by atoms with Crippen LogP contribution >= 0.6 is 11.8 Å². The van der Waals surface area contributed by atoms with Crippen molar-refractivity contribution >= 4 is 11.8 Å². The van der Waals surface area contributed by atoms with Crippen LogP contribution in [0.25, 0.3) is 0 Å². The Morgan fingerprint density at radius 1 is 1.69 bits per heavy atom. The van der Waals surface area contributed by atoms with Crippen molar-refractivity contribution < 1.29 is 4.42 Å². The van der Waals surface area contributed by atoms with E-state index >= 15 is 0 Å². The summed E-state index contributed by atoms with van der Waals surface area (Å²) in [5, 5.41) is 0.952. The molecule has 0 amide bonds. The van der Waals surface area contributed by atoms with Gasteiger partial charge in [0.05, 0.1) is 10.9 Å². The van der Waals surface area contributed by atoms with Crippen molar-refractivity contribution in [3.05, 3.63) is 12.0 Å². The van der Waals surface area contributed by atoms with Crippen molar-refractivity contribution in [3.8, 4) is 11.8 Å². The van der Waals surface area contributed by atoms with Gasteiger partial charge >= 0.3 is 0 Å². The Labute approximate surface area is 83.1 Å². The van der Waals surface area contributed by atoms with Gasteiger partial charge in [-0.3, -0.25) is 0 Å². The van der Waals surface area contributed by atoms with Crippen LogP contribution in [0.4, 0.5) is 0 Å². The van der Waals surface area contributed by atoms with E-state index in [1.807, 2.05) is 20.8 Å². The molecule has 0 aliphatic rings. The average Bonchev–Trinajstić information content (AvgIpc) is 2.48. The minimum atomic E-state index is 0.248. The summed E-state index contributed by atoms with van der Waals surface area (Å²) >= 11 is 1.55. The minimum absolute atomic E-state index is 0.248. The molecule has 13 heavy (non-hydrogen) atoms. The normalized spacial score (nSPS) is 11.9. The van der Waals surface area contributed by atoms with Gasteiger partial charge in [-0.15, -0.1) is 5.92 Å². The molecular formula is C10H13NOS. The zero-order chi connectivity index (χ0) is 9.68. The van der Waals surface area contributed by atoms with E-state index in [0.29, 0.717) is 5.22 Å². The van der Waals surface area contributed by atoms with Gasteiger partial charge < -0.3 is 4.42 Å². The molecule has 0 aliphatic heterocycles. The first-order valence-electron chi connectivity index (χ1n) is 4.29. The minimum Gasteiger partial charge on any atom is -0.440 e. The maximum absolute atomic E-state index is 5.20. The number of aryl methyl sites for hydroxylation is 1. The number of hydrogen-bond acceptors (Lipinski definition) is 3. The Morgan fingerprint density at radius 2 is 2.46 bits per heavy atom. The molecule has 0 aromatic carbocycles. The first-order valence-corrected chi connectivity index (χ1v) is 5.17. The predicted molar refractivity (Wildman–Crippen MR) is 54.6 cm³/mol. The van der Waals surface area contributed by atoms with E-state index in [-0.39, 0.29) is 5.25 Å². The van der Waals surface area contributed by atoms with E-state index in [2.05, 4.69) is 16.8 Å². The maximum Gasteiger partial charge on any atom is 0.256 e. The molecule has 1 unspecified atom stereocenters. The van der Waals surface area contributed by atoms with Gasteiger partial charge in [0.25, 0.3) is 5.22 Å². The van der Waals surface area contributed by atoms with E-state index in [0.717, 1.165) is 12.1 Å². The summed E-state index contributed by atoms with van der Waals surface area (Å²) in [6, 6.07) is 0. The molecule has 0 bridgehead atoms. The van der Waals surface area contributed by atoms with E-state index in [9.17, 15) is 0 Å². The van der Waals surface area contributed by atoms with Gasteiger partial charge in [-0.2, -0.15) is 0 Å². The quantitative estimate of drug-likeness (QED) is 0.536. The molecule has 0 spiro atoms. The second-order valence-corrected chi connectivity index (χ2v) is 3.98. The largest absolute Gasteiger partial charge is 0.440 e. The molecule has 1 heterocycles. The Kier molecular flexibility index (Phi) is 3.91. The average molecular weight is 195 g/mol. The van der Waals surface area contributed by atoms with Gasteiger partial charge in [0.2, 0.25) is 0 Å². The van der Waals surface area contributed by atoms with Crippen LogP contribution in [0.1, 0.15) is 26.0 Å². The third kappa shape index (κ3) is 3.56. The van der Waals surface area contributed by atoms with Crippen molar-refractivity contribution in [3.63, 3.8) is 0 Å². The molecule has 0 aliphatic carbocycles. The third-order valence-electron chi connectivity index (χ3n) is 1.36. The highest BCUT2D eigenvalue weighted by Gasteiger charge is 2.05.